The van der Waals surface area contributed by atoms with E-state index in [0.29, 0.717) is 0 Å². The van der Waals surface area contributed by atoms with Gasteiger partial charge in [0.1, 0.15) is 0 Å². The first kappa shape index (κ1) is 9.14. The van der Waals surface area contributed by atoms with Crippen molar-refractivity contribution in [3.8, 4) is 0 Å². The SMILES string of the molecule is O=NO.ON=NO. The van der Waals surface area contributed by atoms with Crippen LogP contribution < -0.4 is 0 Å². The lowest BCUT2D eigenvalue weighted by molar-refractivity contribution is 0.177. The number of hydrogen-bond donors (Lipinski definition) is 3. The van der Waals surface area contributed by atoms with E-state index in [1.807, 2.05) is 10.6 Å². The molecule has 42 valence electrons. The van der Waals surface area contributed by atoms with Gasteiger partial charge in [-0.25, -0.2) is 0 Å². The van der Waals surface area contributed by atoms with Gasteiger partial charge in [0, 0.05) is 0 Å². The molecule has 0 aromatic rings. The summed E-state index contributed by atoms with van der Waals surface area (Å²) in [6.07, 6.45) is 0. The van der Waals surface area contributed by atoms with Gasteiger partial charge in [0.05, 0.1) is 10.6 Å². The van der Waals surface area contributed by atoms with Gasteiger partial charge in [-0.15, -0.1) is 4.91 Å². The van der Waals surface area contributed by atoms with Crippen molar-refractivity contribution in [1.29, 1.82) is 0 Å². The van der Waals surface area contributed by atoms with Crippen LogP contribution in [0.5, 0.6) is 0 Å². The van der Waals surface area contributed by atoms with Crippen LogP contribution >= 0.6 is 0 Å². The molecule has 0 rings (SSSR count). The molecule has 0 saturated carbocycles. The van der Waals surface area contributed by atoms with Gasteiger partial charge < -0.3 is 15.6 Å². The second kappa shape index (κ2) is 23.3. The van der Waals surface area contributed by atoms with E-state index in [-0.39, 0.29) is 0 Å². The maximum atomic E-state index is 8.11. The fourth-order valence-electron chi connectivity index (χ4n) is 0. The minimum absolute atomic E-state index is 1.25. The summed E-state index contributed by atoms with van der Waals surface area (Å²) in [5, 5.41) is 25.9. The fraction of sp³-hybridized carbons (Fsp3) is 0. The minimum atomic E-state index is 1.25. The molecule has 0 aromatic heterocycles. The first-order chi connectivity index (χ1) is 3.33. The Morgan fingerprint density at radius 1 is 1.00 bits per heavy atom. The lowest BCUT2D eigenvalue weighted by atomic mass is 13.0. The zero-order valence-corrected chi connectivity index (χ0v) is 3.09. The van der Waals surface area contributed by atoms with E-state index in [2.05, 4.69) is 0 Å². The van der Waals surface area contributed by atoms with Crippen molar-refractivity contribution in [2.24, 2.45) is 15.9 Å². The molecule has 0 unspecified atom stereocenters. The number of hydrogen-bond acceptors (Lipinski definition) is 4. The molecule has 3 N–H and O–H groups in total. The lowest BCUT2D eigenvalue weighted by Crippen LogP contribution is -1.41. The van der Waals surface area contributed by atoms with Gasteiger partial charge in [-0.1, -0.05) is 0 Å². The monoisotopic (exact) mass is 109 g/mol. The molecule has 0 heterocycles. The average Bonchev–Trinajstić information content (AvgIpc) is 1.69. The highest BCUT2D eigenvalue weighted by atomic mass is 16.6. The van der Waals surface area contributed by atoms with Gasteiger partial charge in [0.25, 0.3) is 0 Å². The maximum Gasteiger partial charge on any atom is 0.152 e. The molecule has 0 bridgehead atoms. The molecule has 0 aliphatic heterocycles. The van der Waals surface area contributed by atoms with Crippen LogP contribution in [-0.4, -0.2) is 15.6 Å². The summed E-state index contributed by atoms with van der Waals surface area (Å²) in [5.74, 6) is 0. The molecule has 0 spiro atoms. The van der Waals surface area contributed by atoms with Crippen molar-refractivity contribution in [3.63, 3.8) is 0 Å². The quantitative estimate of drug-likeness (QED) is 0.236. The summed E-state index contributed by atoms with van der Waals surface area (Å²) in [6, 6.07) is 0. The molecule has 7 heavy (non-hydrogen) atoms. The first-order valence-electron chi connectivity index (χ1n) is 0.983. The van der Waals surface area contributed by atoms with Gasteiger partial charge in [0.2, 0.25) is 0 Å². The fourth-order valence-corrected chi connectivity index (χ4v) is 0. The minimum Gasteiger partial charge on any atom is -0.392 e. The molecule has 0 radical (unpaired) electrons. The standard InChI is InChI=1S/H2N2O2.HNO2/c3-1-2-4;2-1-3/h(H,1,4)(H,2,3);(H,2,3). The van der Waals surface area contributed by atoms with Crippen molar-refractivity contribution >= 4 is 0 Å². The smallest absolute Gasteiger partial charge is 0.152 e. The van der Waals surface area contributed by atoms with Crippen LogP contribution in [-0.2, 0) is 0 Å². The normalized spacial score (nSPS) is 6.86. The van der Waals surface area contributed by atoms with E-state index in [1.165, 1.54) is 5.34 Å². The molecule has 0 aliphatic carbocycles. The summed E-state index contributed by atoms with van der Waals surface area (Å²) in [5.41, 5.74) is 0. The van der Waals surface area contributed by atoms with Gasteiger partial charge in [-0.2, -0.15) is 0 Å². The third-order valence-electron chi connectivity index (χ3n) is 0.0400. The summed E-state index contributed by atoms with van der Waals surface area (Å²) < 4.78 is 0. The lowest BCUT2D eigenvalue weighted by Gasteiger charge is -1.53. The van der Waals surface area contributed by atoms with E-state index in [1.54, 1.807) is 0 Å². The third-order valence-corrected chi connectivity index (χ3v) is 0.0400. The Balaban J connectivity index is 0. The van der Waals surface area contributed by atoms with Crippen molar-refractivity contribution < 1.29 is 15.6 Å². The van der Waals surface area contributed by atoms with Crippen LogP contribution in [0.4, 0.5) is 0 Å². The largest absolute Gasteiger partial charge is 0.392 e. The van der Waals surface area contributed by atoms with Crippen LogP contribution in [0.15, 0.2) is 15.9 Å². The number of rotatable bonds is 0. The summed E-state index contributed by atoms with van der Waals surface area (Å²) >= 11 is 0. The van der Waals surface area contributed by atoms with Gasteiger partial charge >= 0.3 is 0 Å². The summed E-state index contributed by atoms with van der Waals surface area (Å²) in [4.78, 5) is 8.11. The van der Waals surface area contributed by atoms with Crippen molar-refractivity contribution in [2.45, 2.75) is 0 Å². The van der Waals surface area contributed by atoms with E-state index >= 15 is 0 Å². The van der Waals surface area contributed by atoms with E-state index in [4.69, 9.17) is 20.5 Å². The van der Waals surface area contributed by atoms with E-state index in [9.17, 15) is 0 Å². The predicted octanol–water partition coefficient (Wildman–Crippen LogP) is 0.359. The van der Waals surface area contributed by atoms with Crippen LogP contribution in [0.2, 0.25) is 0 Å². The highest BCUT2D eigenvalue weighted by molar-refractivity contribution is 3.83. The Kier molecular flexibility index (Phi) is 30.4. The van der Waals surface area contributed by atoms with Gasteiger partial charge in [0.15, 0.2) is 5.34 Å². The van der Waals surface area contributed by atoms with Crippen LogP contribution in [0, 0.1) is 4.91 Å². The highest BCUT2D eigenvalue weighted by Crippen LogP contribution is 1.46. The third kappa shape index (κ3) is 194. The molecule has 0 saturated heterocycles. The second-order valence-corrected chi connectivity index (χ2v) is 0.261. The first-order valence-corrected chi connectivity index (χ1v) is 0.983. The molecule has 0 amide bonds. The Morgan fingerprint density at radius 2 is 1.14 bits per heavy atom. The van der Waals surface area contributed by atoms with Gasteiger partial charge in [-0.3, -0.25) is 0 Å². The number of nitrogens with zero attached hydrogens (tertiary/aromatic N) is 3. The predicted molar refractivity (Wildman–Crippen MR) is 16.0 cm³/mol. The molecular formula is H3N3O4. The molecule has 7 nitrogen and oxygen atoms in total. The zero-order valence-electron chi connectivity index (χ0n) is 3.09. The van der Waals surface area contributed by atoms with Crippen LogP contribution in [0.25, 0.3) is 0 Å². The average molecular weight is 109 g/mol. The molecular weight excluding hydrogens is 106 g/mol. The topological polar surface area (TPSA) is 115 Å². The Hall–Kier alpha value is -1.40. The van der Waals surface area contributed by atoms with Crippen LogP contribution in [0.1, 0.15) is 0 Å². The second-order valence-electron chi connectivity index (χ2n) is 0.261. The Morgan fingerprint density at radius 3 is 1.14 bits per heavy atom. The molecule has 0 atom stereocenters. The highest BCUT2D eigenvalue weighted by Gasteiger charge is 1.34. The van der Waals surface area contributed by atoms with Crippen molar-refractivity contribution in [1.82, 2.24) is 0 Å². The van der Waals surface area contributed by atoms with Crippen molar-refractivity contribution in [3.05, 3.63) is 4.91 Å². The molecule has 0 fully saturated rings. The Bertz CT molecular complexity index is 44.9. The Labute approximate surface area is 37.8 Å². The molecule has 0 aliphatic rings. The summed E-state index contributed by atoms with van der Waals surface area (Å²) in [7, 11) is 0. The molecule has 7 heteroatoms. The van der Waals surface area contributed by atoms with Crippen molar-refractivity contribution in [2.75, 3.05) is 0 Å². The van der Waals surface area contributed by atoms with Crippen LogP contribution in [0.3, 0.4) is 0 Å². The van der Waals surface area contributed by atoms with E-state index in [0.717, 1.165) is 0 Å². The molecule has 0 aromatic carbocycles. The summed E-state index contributed by atoms with van der Waals surface area (Å²) in [6.45, 7) is 0. The van der Waals surface area contributed by atoms with Gasteiger partial charge in [-0.05, 0) is 0 Å². The van der Waals surface area contributed by atoms with E-state index < -0.39 is 0 Å². The zero-order chi connectivity index (χ0) is 6.12. The maximum absolute atomic E-state index is 8.11.